The van der Waals surface area contributed by atoms with Crippen molar-refractivity contribution >= 4 is 16.6 Å². The lowest BCUT2D eigenvalue weighted by atomic mass is 10.2. The van der Waals surface area contributed by atoms with Crippen LogP contribution in [0.25, 0.3) is 10.9 Å². The van der Waals surface area contributed by atoms with E-state index in [0.29, 0.717) is 0 Å². The molecule has 0 atom stereocenters. The first-order chi connectivity index (χ1) is 8.75. The standard InChI is InChI=1S/C13H15N5/c1-9-11(8-16-18(9)2)6-14-12-5-3-4-10-7-15-17-13(10)12/h3-5,7-8,14H,6H2,1-2H3,(H,15,17). The van der Waals surface area contributed by atoms with Gasteiger partial charge in [-0.2, -0.15) is 10.2 Å². The van der Waals surface area contributed by atoms with Crippen LogP contribution in [0.3, 0.4) is 0 Å². The highest BCUT2D eigenvalue weighted by Gasteiger charge is 2.05. The van der Waals surface area contributed by atoms with E-state index in [1.165, 1.54) is 11.3 Å². The molecule has 0 bridgehead atoms. The van der Waals surface area contributed by atoms with E-state index in [9.17, 15) is 0 Å². The summed E-state index contributed by atoms with van der Waals surface area (Å²) < 4.78 is 1.88. The molecule has 2 heterocycles. The van der Waals surface area contributed by atoms with Gasteiger partial charge in [0.2, 0.25) is 0 Å². The molecule has 0 aliphatic heterocycles. The summed E-state index contributed by atoms with van der Waals surface area (Å²) in [5.41, 5.74) is 4.49. The van der Waals surface area contributed by atoms with Crippen molar-refractivity contribution in [2.24, 2.45) is 7.05 Å². The van der Waals surface area contributed by atoms with E-state index in [0.717, 1.165) is 23.1 Å². The number of hydrogen-bond donors (Lipinski definition) is 2. The molecule has 2 aromatic heterocycles. The monoisotopic (exact) mass is 241 g/mol. The Hall–Kier alpha value is -2.30. The molecule has 2 N–H and O–H groups in total. The van der Waals surface area contributed by atoms with Crippen LogP contribution in [0.4, 0.5) is 5.69 Å². The lowest BCUT2D eigenvalue weighted by molar-refractivity contribution is 0.738. The Morgan fingerprint density at radius 2 is 2.22 bits per heavy atom. The third kappa shape index (κ3) is 1.73. The summed E-state index contributed by atoms with van der Waals surface area (Å²) in [5.74, 6) is 0. The number of H-pyrrole nitrogens is 1. The Morgan fingerprint density at radius 1 is 1.33 bits per heavy atom. The van der Waals surface area contributed by atoms with Crippen molar-refractivity contribution < 1.29 is 0 Å². The van der Waals surface area contributed by atoms with Crippen LogP contribution < -0.4 is 5.32 Å². The predicted molar refractivity (Wildman–Crippen MR) is 71.4 cm³/mol. The van der Waals surface area contributed by atoms with Gasteiger partial charge in [0.25, 0.3) is 0 Å². The number of aromatic amines is 1. The van der Waals surface area contributed by atoms with Gasteiger partial charge in [-0.1, -0.05) is 12.1 Å². The van der Waals surface area contributed by atoms with Crippen LogP contribution >= 0.6 is 0 Å². The maximum Gasteiger partial charge on any atom is 0.0881 e. The number of nitrogens with one attached hydrogen (secondary N) is 2. The average molecular weight is 241 g/mol. The lowest BCUT2D eigenvalue weighted by Crippen LogP contribution is -2.01. The smallest absolute Gasteiger partial charge is 0.0881 e. The molecule has 0 aliphatic rings. The second kappa shape index (κ2) is 4.18. The molecule has 3 rings (SSSR count). The fraction of sp³-hybridized carbons (Fsp3) is 0.231. The molecule has 92 valence electrons. The highest BCUT2D eigenvalue weighted by Crippen LogP contribution is 2.21. The van der Waals surface area contributed by atoms with E-state index in [1.54, 1.807) is 0 Å². The Balaban J connectivity index is 1.85. The number of rotatable bonds is 3. The summed E-state index contributed by atoms with van der Waals surface area (Å²) in [6.07, 6.45) is 3.73. The Morgan fingerprint density at radius 3 is 3.00 bits per heavy atom. The number of para-hydroxylation sites is 1. The van der Waals surface area contributed by atoms with Gasteiger partial charge in [0, 0.05) is 30.2 Å². The number of nitrogens with zero attached hydrogens (tertiary/aromatic N) is 3. The van der Waals surface area contributed by atoms with E-state index in [4.69, 9.17) is 0 Å². The Labute approximate surface area is 105 Å². The van der Waals surface area contributed by atoms with Crippen molar-refractivity contribution in [1.29, 1.82) is 0 Å². The molecule has 18 heavy (non-hydrogen) atoms. The van der Waals surface area contributed by atoms with Gasteiger partial charge in [-0.05, 0) is 13.0 Å². The summed E-state index contributed by atoms with van der Waals surface area (Å²) in [7, 11) is 1.95. The van der Waals surface area contributed by atoms with Crippen LogP contribution in [-0.2, 0) is 13.6 Å². The summed E-state index contributed by atoms with van der Waals surface area (Å²) >= 11 is 0. The average Bonchev–Trinajstić information content (AvgIpc) is 2.97. The minimum atomic E-state index is 0.762. The van der Waals surface area contributed by atoms with Crippen LogP contribution in [0.2, 0.25) is 0 Å². The molecular formula is C13H15N5. The molecule has 0 saturated heterocycles. The topological polar surface area (TPSA) is 58.5 Å². The highest BCUT2D eigenvalue weighted by molar-refractivity contribution is 5.89. The van der Waals surface area contributed by atoms with E-state index in [-0.39, 0.29) is 0 Å². The molecule has 0 radical (unpaired) electrons. The van der Waals surface area contributed by atoms with Crippen molar-refractivity contribution in [3.63, 3.8) is 0 Å². The van der Waals surface area contributed by atoms with Crippen molar-refractivity contribution in [1.82, 2.24) is 20.0 Å². The molecule has 0 unspecified atom stereocenters. The fourth-order valence-electron chi connectivity index (χ4n) is 2.02. The van der Waals surface area contributed by atoms with Gasteiger partial charge in [0.05, 0.1) is 23.6 Å². The van der Waals surface area contributed by atoms with Crippen molar-refractivity contribution in [2.45, 2.75) is 13.5 Å². The fourth-order valence-corrected chi connectivity index (χ4v) is 2.02. The molecule has 0 saturated carbocycles. The van der Waals surface area contributed by atoms with Crippen LogP contribution in [0.1, 0.15) is 11.3 Å². The third-order valence-corrected chi connectivity index (χ3v) is 3.28. The van der Waals surface area contributed by atoms with Gasteiger partial charge in [-0.3, -0.25) is 9.78 Å². The maximum absolute atomic E-state index is 4.24. The zero-order chi connectivity index (χ0) is 12.5. The first-order valence-electron chi connectivity index (χ1n) is 5.89. The Bertz CT molecular complexity index is 680. The molecule has 5 heteroatoms. The van der Waals surface area contributed by atoms with Gasteiger partial charge in [-0.25, -0.2) is 0 Å². The zero-order valence-electron chi connectivity index (χ0n) is 10.4. The third-order valence-electron chi connectivity index (χ3n) is 3.28. The van der Waals surface area contributed by atoms with Gasteiger partial charge < -0.3 is 5.32 Å². The van der Waals surface area contributed by atoms with Gasteiger partial charge >= 0.3 is 0 Å². The van der Waals surface area contributed by atoms with Crippen LogP contribution in [0, 0.1) is 6.92 Å². The largest absolute Gasteiger partial charge is 0.379 e. The van der Waals surface area contributed by atoms with Crippen LogP contribution in [0.15, 0.2) is 30.6 Å². The summed E-state index contributed by atoms with van der Waals surface area (Å²) in [5, 5.41) is 15.8. The van der Waals surface area contributed by atoms with Crippen molar-refractivity contribution in [3.8, 4) is 0 Å². The van der Waals surface area contributed by atoms with E-state index in [1.807, 2.05) is 42.3 Å². The predicted octanol–water partition coefficient (Wildman–Crippen LogP) is 2.22. The number of fused-ring (bicyclic) bond motifs is 1. The highest BCUT2D eigenvalue weighted by atomic mass is 15.3. The van der Waals surface area contributed by atoms with E-state index < -0.39 is 0 Å². The molecule has 0 amide bonds. The molecule has 0 spiro atoms. The number of anilines is 1. The molecule has 0 aliphatic carbocycles. The van der Waals surface area contributed by atoms with Crippen LogP contribution in [0.5, 0.6) is 0 Å². The lowest BCUT2D eigenvalue weighted by Gasteiger charge is -2.07. The minimum absolute atomic E-state index is 0.762. The summed E-state index contributed by atoms with van der Waals surface area (Å²) in [6.45, 7) is 2.83. The summed E-state index contributed by atoms with van der Waals surface area (Å²) in [4.78, 5) is 0. The zero-order valence-corrected chi connectivity index (χ0v) is 10.4. The van der Waals surface area contributed by atoms with Gasteiger partial charge in [0.15, 0.2) is 0 Å². The molecule has 3 aromatic rings. The molecular weight excluding hydrogens is 226 g/mol. The maximum atomic E-state index is 4.24. The first-order valence-corrected chi connectivity index (χ1v) is 5.89. The van der Waals surface area contributed by atoms with Crippen LogP contribution in [-0.4, -0.2) is 20.0 Å². The second-order valence-corrected chi connectivity index (χ2v) is 4.37. The number of aromatic nitrogens is 4. The van der Waals surface area contributed by atoms with Crippen molar-refractivity contribution in [3.05, 3.63) is 41.9 Å². The molecule has 1 aromatic carbocycles. The SMILES string of the molecule is Cc1c(CNc2cccc3cn[nH]c23)cnn1C. The van der Waals surface area contributed by atoms with Gasteiger partial charge in [0.1, 0.15) is 0 Å². The number of hydrogen-bond acceptors (Lipinski definition) is 3. The van der Waals surface area contributed by atoms with E-state index >= 15 is 0 Å². The summed E-state index contributed by atoms with van der Waals surface area (Å²) in [6, 6.07) is 6.11. The number of benzene rings is 1. The minimum Gasteiger partial charge on any atom is -0.379 e. The number of aryl methyl sites for hydroxylation is 1. The van der Waals surface area contributed by atoms with Crippen molar-refractivity contribution in [2.75, 3.05) is 5.32 Å². The molecule has 0 fully saturated rings. The first kappa shape index (κ1) is 10.8. The quantitative estimate of drug-likeness (QED) is 0.739. The van der Waals surface area contributed by atoms with E-state index in [2.05, 4.69) is 27.5 Å². The Kier molecular flexibility index (Phi) is 2.51. The van der Waals surface area contributed by atoms with Gasteiger partial charge in [-0.15, -0.1) is 0 Å². The normalized spacial score (nSPS) is 11.0. The second-order valence-electron chi connectivity index (χ2n) is 4.37. The molecule has 5 nitrogen and oxygen atoms in total.